The molecule has 86 valence electrons. The van der Waals surface area contributed by atoms with Gasteiger partial charge >= 0.3 is 0 Å². The Labute approximate surface area is 102 Å². The molecular weight excluding hydrogens is 208 g/mol. The van der Waals surface area contributed by atoms with Crippen molar-refractivity contribution in [3.8, 4) is 0 Å². The molecule has 0 saturated carbocycles. The third kappa shape index (κ3) is 2.88. The third-order valence-corrected chi connectivity index (χ3v) is 2.22. The molecule has 0 aromatic heterocycles. The molecule has 0 aliphatic rings. The van der Waals surface area contributed by atoms with Crippen molar-refractivity contribution in [1.82, 2.24) is 0 Å². The monoisotopic (exact) mass is 224 g/mol. The summed E-state index contributed by atoms with van der Waals surface area (Å²) in [4.78, 5) is 8.69. The summed E-state index contributed by atoms with van der Waals surface area (Å²) in [6.07, 6.45) is 8.54. The minimum Gasteiger partial charge on any atom is -0.259 e. The van der Waals surface area contributed by atoms with Gasteiger partial charge in [0, 0.05) is 23.6 Å². The molecule has 1 aromatic carbocycles. The zero-order chi connectivity index (χ0) is 12.7. The van der Waals surface area contributed by atoms with Crippen LogP contribution in [0.3, 0.4) is 0 Å². The predicted molar refractivity (Wildman–Crippen MR) is 78.8 cm³/mol. The molecule has 1 rings (SSSR count). The molecule has 0 fully saturated rings. The van der Waals surface area contributed by atoms with Crippen molar-refractivity contribution < 1.29 is 0 Å². The Morgan fingerprint density at radius 2 is 1.47 bits per heavy atom. The molecule has 2 heteroatoms. The zero-order valence-corrected chi connectivity index (χ0v) is 10.1. The summed E-state index contributed by atoms with van der Waals surface area (Å²) in [7, 11) is 0. The van der Waals surface area contributed by atoms with Crippen LogP contribution in [-0.2, 0) is 0 Å². The fourth-order valence-corrected chi connectivity index (χ4v) is 1.47. The highest BCUT2D eigenvalue weighted by atomic mass is 14.8. The summed E-state index contributed by atoms with van der Waals surface area (Å²) in [6.45, 7) is 13.0. The maximum atomic E-state index is 4.35. The van der Waals surface area contributed by atoms with E-state index in [0.717, 1.165) is 22.5 Å². The van der Waals surface area contributed by atoms with Crippen LogP contribution in [0.25, 0.3) is 12.2 Å². The SMILES string of the molecule is C=C/C=N\c1c(C=C)ccc(C=C)c1/N=C\C. The first kappa shape index (κ1) is 12.8. The molecule has 0 spiro atoms. The van der Waals surface area contributed by atoms with Crippen molar-refractivity contribution in [2.75, 3.05) is 0 Å². The highest BCUT2D eigenvalue weighted by Crippen LogP contribution is 2.36. The lowest BCUT2D eigenvalue weighted by Crippen LogP contribution is -1.82. The molecule has 1 aromatic rings. The van der Waals surface area contributed by atoms with E-state index in [9.17, 15) is 0 Å². The molecule has 0 amide bonds. The van der Waals surface area contributed by atoms with E-state index in [-0.39, 0.29) is 0 Å². The van der Waals surface area contributed by atoms with Crippen molar-refractivity contribution >= 4 is 36.0 Å². The van der Waals surface area contributed by atoms with E-state index in [2.05, 4.69) is 29.7 Å². The highest BCUT2D eigenvalue weighted by molar-refractivity contribution is 5.87. The van der Waals surface area contributed by atoms with Crippen molar-refractivity contribution in [1.29, 1.82) is 0 Å². The van der Waals surface area contributed by atoms with Gasteiger partial charge in [-0.1, -0.05) is 50.1 Å². The topological polar surface area (TPSA) is 24.7 Å². The molecule has 0 unspecified atom stereocenters. The normalized spacial score (nSPS) is 10.9. The number of benzene rings is 1. The van der Waals surface area contributed by atoms with Gasteiger partial charge in [0.25, 0.3) is 0 Å². The van der Waals surface area contributed by atoms with E-state index in [1.54, 1.807) is 30.7 Å². The van der Waals surface area contributed by atoms with E-state index < -0.39 is 0 Å². The Morgan fingerprint density at radius 1 is 0.941 bits per heavy atom. The first-order chi connectivity index (χ1) is 8.28. The van der Waals surface area contributed by atoms with E-state index in [1.165, 1.54) is 0 Å². The predicted octanol–water partition coefficient (Wildman–Crippen LogP) is 4.58. The lowest BCUT2D eigenvalue weighted by atomic mass is 10.1. The van der Waals surface area contributed by atoms with Gasteiger partial charge in [-0.15, -0.1) is 0 Å². The first-order valence-electron chi connectivity index (χ1n) is 5.34. The van der Waals surface area contributed by atoms with Crippen molar-refractivity contribution in [2.45, 2.75) is 6.92 Å². The Kier molecular flexibility index (Phi) is 4.82. The first-order valence-corrected chi connectivity index (χ1v) is 5.34. The average Bonchev–Trinajstić information content (AvgIpc) is 2.37. The standard InChI is InChI=1S/C15H16N2/c1-5-11-17-15-13(7-3)10-9-12(6-2)14(15)16-8-4/h5-11H,1-3H2,4H3/b16-8-,17-11-. The molecule has 0 atom stereocenters. The minimum absolute atomic E-state index is 0.787. The second-order valence-electron chi connectivity index (χ2n) is 3.25. The molecule has 2 nitrogen and oxygen atoms in total. The largest absolute Gasteiger partial charge is 0.259 e. The van der Waals surface area contributed by atoms with Crippen LogP contribution in [0.5, 0.6) is 0 Å². The summed E-state index contributed by atoms with van der Waals surface area (Å²) in [5, 5.41) is 0. The van der Waals surface area contributed by atoms with Gasteiger partial charge in [0.1, 0.15) is 0 Å². The number of hydrogen-bond acceptors (Lipinski definition) is 2. The fraction of sp³-hybridized carbons (Fsp3) is 0.0667. The summed E-state index contributed by atoms with van der Waals surface area (Å²) in [5.74, 6) is 0. The number of nitrogens with zero attached hydrogens (tertiary/aromatic N) is 2. The maximum absolute atomic E-state index is 4.35. The van der Waals surface area contributed by atoms with Crippen LogP contribution in [0.4, 0.5) is 11.4 Å². The van der Waals surface area contributed by atoms with Gasteiger partial charge in [-0.05, 0) is 6.92 Å². The Bertz CT molecular complexity index is 494. The van der Waals surface area contributed by atoms with Crippen molar-refractivity contribution in [2.24, 2.45) is 9.98 Å². The van der Waals surface area contributed by atoms with E-state index >= 15 is 0 Å². The smallest absolute Gasteiger partial charge is 0.0964 e. The van der Waals surface area contributed by atoms with Gasteiger partial charge in [0.15, 0.2) is 0 Å². The minimum atomic E-state index is 0.787. The van der Waals surface area contributed by atoms with E-state index in [0.29, 0.717) is 0 Å². The van der Waals surface area contributed by atoms with Crippen LogP contribution >= 0.6 is 0 Å². The van der Waals surface area contributed by atoms with Gasteiger partial charge in [0.2, 0.25) is 0 Å². The van der Waals surface area contributed by atoms with Gasteiger partial charge in [-0.2, -0.15) is 0 Å². The molecule has 0 radical (unpaired) electrons. The number of aliphatic imine (C=N–C) groups is 2. The van der Waals surface area contributed by atoms with Gasteiger partial charge in [-0.25, -0.2) is 0 Å². The Hall–Kier alpha value is -2.22. The van der Waals surface area contributed by atoms with E-state index in [4.69, 9.17) is 0 Å². The number of rotatable bonds is 5. The second kappa shape index (κ2) is 6.38. The van der Waals surface area contributed by atoms with E-state index in [1.807, 2.05) is 19.1 Å². The lowest BCUT2D eigenvalue weighted by Gasteiger charge is -2.08. The molecular formula is C15H16N2. The average molecular weight is 224 g/mol. The number of hydrogen-bond donors (Lipinski definition) is 0. The van der Waals surface area contributed by atoms with Crippen LogP contribution in [0.15, 0.2) is 47.9 Å². The van der Waals surface area contributed by atoms with Crippen LogP contribution in [0.1, 0.15) is 18.1 Å². The zero-order valence-electron chi connectivity index (χ0n) is 10.1. The van der Waals surface area contributed by atoms with Crippen LogP contribution in [0.2, 0.25) is 0 Å². The van der Waals surface area contributed by atoms with Crippen LogP contribution in [0, 0.1) is 0 Å². The Balaban J connectivity index is 3.56. The van der Waals surface area contributed by atoms with Crippen molar-refractivity contribution in [3.63, 3.8) is 0 Å². The van der Waals surface area contributed by atoms with Gasteiger partial charge < -0.3 is 0 Å². The maximum Gasteiger partial charge on any atom is 0.0964 e. The summed E-state index contributed by atoms with van der Waals surface area (Å²) < 4.78 is 0. The summed E-state index contributed by atoms with van der Waals surface area (Å²) in [5.41, 5.74) is 3.48. The highest BCUT2D eigenvalue weighted by Gasteiger charge is 2.07. The fourth-order valence-electron chi connectivity index (χ4n) is 1.47. The third-order valence-electron chi connectivity index (χ3n) is 2.22. The van der Waals surface area contributed by atoms with Crippen molar-refractivity contribution in [3.05, 3.63) is 49.1 Å². The molecule has 0 saturated heterocycles. The van der Waals surface area contributed by atoms with Crippen LogP contribution < -0.4 is 0 Å². The summed E-state index contributed by atoms with van der Waals surface area (Å²) in [6, 6.07) is 3.91. The molecule has 0 aliphatic carbocycles. The van der Waals surface area contributed by atoms with Gasteiger partial charge in [0.05, 0.1) is 11.4 Å². The molecule has 0 heterocycles. The Morgan fingerprint density at radius 3 is 1.88 bits per heavy atom. The molecule has 0 aliphatic heterocycles. The van der Waals surface area contributed by atoms with Gasteiger partial charge in [-0.3, -0.25) is 9.98 Å². The summed E-state index contributed by atoms with van der Waals surface area (Å²) >= 11 is 0. The molecule has 0 bridgehead atoms. The van der Waals surface area contributed by atoms with Crippen LogP contribution in [-0.4, -0.2) is 12.4 Å². The number of allylic oxidation sites excluding steroid dienone is 1. The lowest BCUT2D eigenvalue weighted by molar-refractivity contribution is 1.43. The molecule has 0 N–H and O–H groups in total. The quantitative estimate of drug-likeness (QED) is 0.654. The second-order valence-corrected chi connectivity index (χ2v) is 3.25. The molecule has 17 heavy (non-hydrogen) atoms.